The van der Waals surface area contributed by atoms with Crippen LogP contribution in [0.3, 0.4) is 0 Å². The van der Waals surface area contributed by atoms with Gasteiger partial charge < -0.3 is 9.73 Å². The van der Waals surface area contributed by atoms with Gasteiger partial charge in [0.15, 0.2) is 0 Å². The number of carbonyl (C=O) groups is 1. The number of aryl methyl sites for hydroxylation is 3. The molecule has 4 aromatic rings. The Balaban J connectivity index is 1.53. The van der Waals surface area contributed by atoms with E-state index in [9.17, 15) is 4.79 Å². The summed E-state index contributed by atoms with van der Waals surface area (Å²) < 4.78 is 5.77. The van der Waals surface area contributed by atoms with Crippen molar-refractivity contribution >= 4 is 11.6 Å². The molecule has 1 heterocycles. The van der Waals surface area contributed by atoms with Crippen LogP contribution in [0.2, 0.25) is 0 Å². The van der Waals surface area contributed by atoms with Gasteiger partial charge >= 0.3 is 0 Å². The van der Waals surface area contributed by atoms with E-state index in [-0.39, 0.29) is 5.91 Å². The first kappa shape index (κ1) is 18.6. The molecule has 0 aliphatic heterocycles. The van der Waals surface area contributed by atoms with E-state index in [4.69, 9.17) is 4.42 Å². The predicted octanol–water partition coefficient (Wildman–Crippen LogP) is 5.58. The highest BCUT2D eigenvalue weighted by atomic mass is 16.4. The molecule has 0 saturated carbocycles. The maximum Gasteiger partial charge on any atom is 0.255 e. The third-order valence-electron chi connectivity index (χ3n) is 4.76. The van der Waals surface area contributed by atoms with E-state index in [1.54, 1.807) is 12.1 Å². The van der Waals surface area contributed by atoms with Crippen molar-refractivity contribution in [2.45, 2.75) is 20.8 Å². The highest BCUT2D eigenvalue weighted by Gasteiger charge is 2.13. The minimum absolute atomic E-state index is 0.151. The summed E-state index contributed by atoms with van der Waals surface area (Å²) in [5.74, 6) is 0.732. The van der Waals surface area contributed by atoms with Crippen LogP contribution in [0, 0.1) is 20.8 Å². The topological polar surface area (TPSA) is 68.0 Å². The SMILES string of the molecule is Cc1cc(C)c(NC(=O)c2ccc(-c3nnc(-c4ccccc4)o3)cc2)c(C)c1. The molecule has 0 radical (unpaired) electrons. The van der Waals surface area contributed by atoms with Crippen LogP contribution >= 0.6 is 0 Å². The van der Waals surface area contributed by atoms with Crippen LogP contribution in [0.5, 0.6) is 0 Å². The molecule has 0 unspecified atom stereocenters. The second-order valence-corrected chi connectivity index (χ2v) is 7.08. The van der Waals surface area contributed by atoms with Gasteiger partial charge in [0, 0.05) is 22.4 Å². The van der Waals surface area contributed by atoms with Crippen molar-refractivity contribution in [1.29, 1.82) is 0 Å². The van der Waals surface area contributed by atoms with Crippen molar-refractivity contribution < 1.29 is 9.21 Å². The van der Waals surface area contributed by atoms with Crippen molar-refractivity contribution in [3.05, 3.63) is 89.0 Å². The first-order valence-electron chi connectivity index (χ1n) is 9.40. The Kier molecular flexibility index (Phi) is 4.96. The van der Waals surface area contributed by atoms with Crippen LogP contribution in [0.15, 0.2) is 71.1 Å². The van der Waals surface area contributed by atoms with E-state index in [1.807, 2.05) is 63.2 Å². The molecule has 0 bridgehead atoms. The standard InChI is InChI=1S/C24H21N3O2/c1-15-13-16(2)21(17(3)14-15)25-22(28)18-9-11-20(12-10-18)24-27-26-23(29-24)19-7-5-4-6-8-19/h4-14H,1-3H3,(H,25,28). The first-order chi connectivity index (χ1) is 14.0. The number of benzene rings is 3. The summed E-state index contributed by atoms with van der Waals surface area (Å²) in [7, 11) is 0. The number of hydrogen-bond donors (Lipinski definition) is 1. The van der Waals surface area contributed by atoms with E-state index in [0.29, 0.717) is 17.3 Å². The maximum atomic E-state index is 12.7. The molecule has 5 heteroatoms. The van der Waals surface area contributed by atoms with Crippen LogP contribution in [0.4, 0.5) is 5.69 Å². The summed E-state index contributed by atoms with van der Waals surface area (Å²) in [6.45, 7) is 6.04. The second-order valence-electron chi connectivity index (χ2n) is 7.08. The minimum atomic E-state index is -0.151. The first-order valence-corrected chi connectivity index (χ1v) is 9.40. The molecule has 1 N–H and O–H groups in total. The number of nitrogens with zero attached hydrogens (tertiary/aromatic N) is 2. The maximum absolute atomic E-state index is 12.7. The molecule has 0 fully saturated rings. The molecule has 1 amide bonds. The van der Waals surface area contributed by atoms with Crippen molar-refractivity contribution in [3.63, 3.8) is 0 Å². The van der Waals surface area contributed by atoms with Gasteiger partial charge in [0.05, 0.1) is 0 Å². The lowest BCUT2D eigenvalue weighted by molar-refractivity contribution is 0.102. The molecule has 144 valence electrons. The van der Waals surface area contributed by atoms with Gasteiger partial charge in [-0.25, -0.2) is 0 Å². The number of nitrogens with one attached hydrogen (secondary N) is 1. The fourth-order valence-electron chi connectivity index (χ4n) is 3.36. The molecular weight excluding hydrogens is 362 g/mol. The summed E-state index contributed by atoms with van der Waals surface area (Å²) in [5, 5.41) is 11.2. The lowest BCUT2D eigenvalue weighted by Crippen LogP contribution is -2.13. The molecule has 0 aliphatic rings. The fraction of sp³-hybridized carbons (Fsp3) is 0.125. The van der Waals surface area contributed by atoms with E-state index in [0.717, 1.165) is 27.9 Å². The monoisotopic (exact) mass is 383 g/mol. The molecule has 0 spiro atoms. The fourth-order valence-corrected chi connectivity index (χ4v) is 3.36. The van der Waals surface area contributed by atoms with Gasteiger partial charge in [0.25, 0.3) is 5.91 Å². The lowest BCUT2D eigenvalue weighted by atomic mass is 10.0. The Bertz CT molecular complexity index is 1140. The van der Waals surface area contributed by atoms with Gasteiger partial charge in [-0.15, -0.1) is 10.2 Å². The lowest BCUT2D eigenvalue weighted by Gasteiger charge is -2.13. The average molecular weight is 383 g/mol. The van der Waals surface area contributed by atoms with Gasteiger partial charge in [-0.2, -0.15) is 0 Å². The Morgan fingerprint density at radius 1 is 0.793 bits per heavy atom. The number of hydrogen-bond acceptors (Lipinski definition) is 4. The Morgan fingerprint density at radius 3 is 1.93 bits per heavy atom. The van der Waals surface area contributed by atoms with Crippen molar-refractivity contribution in [2.75, 3.05) is 5.32 Å². The molecule has 5 nitrogen and oxygen atoms in total. The molecule has 0 aliphatic carbocycles. The molecular formula is C24H21N3O2. The summed E-state index contributed by atoms with van der Waals surface area (Å²) in [6, 6.07) is 20.9. The Hall–Kier alpha value is -3.73. The predicted molar refractivity (Wildman–Crippen MR) is 114 cm³/mol. The summed E-state index contributed by atoms with van der Waals surface area (Å²) in [4.78, 5) is 12.7. The third kappa shape index (κ3) is 3.94. The summed E-state index contributed by atoms with van der Waals surface area (Å²) in [5.41, 5.74) is 6.32. The van der Waals surface area contributed by atoms with Crippen LogP contribution in [0.1, 0.15) is 27.0 Å². The molecule has 0 atom stereocenters. The highest BCUT2D eigenvalue weighted by molar-refractivity contribution is 6.05. The Labute approximate surface area is 169 Å². The molecule has 4 rings (SSSR count). The minimum Gasteiger partial charge on any atom is -0.416 e. The van der Waals surface area contributed by atoms with Crippen molar-refractivity contribution in [3.8, 4) is 22.9 Å². The molecule has 0 saturated heterocycles. The number of aromatic nitrogens is 2. The van der Waals surface area contributed by atoms with Crippen LogP contribution in [-0.4, -0.2) is 16.1 Å². The van der Waals surface area contributed by atoms with Crippen LogP contribution in [0.25, 0.3) is 22.9 Å². The zero-order valence-corrected chi connectivity index (χ0v) is 16.6. The second kappa shape index (κ2) is 7.72. The largest absolute Gasteiger partial charge is 0.416 e. The smallest absolute Gasteiger partial charge is 0.255 e. The van der Waals surface area contributed by atoms with E-state index in [1.165, 1.54) is 5.56 Å². The number of carbonyl (C=O) groups excluding carboxylic acids is 1. The van der Waals surface area contributed by atoms with Crippen LogP contribution < -0.4 is 5.32 Å². The summed E-state index contributed by atoms with van der Waals surface area (Å²) >= 11 is 0. The van der Waals surface area contributed by atoms with Crippen molar-refractivity contribution in [2.24, 2.45) is 0 Å². The van der Waals surface area contributed by atoms with Crippen LogP contribution in [-0.2, 0) is 0 Å². The van der Waals surface area contributed by atoms with E-state index >= 15 is 0 Å². The number of anilines is 1. The van der Waals surface area contributed by atoms with Gasteiger partial charge in [0.2, 0.25) is 11.8 Å². The Morgan fingerprint density at radius 2 is 1.34 bits per heavy atom. The quantitative estimate of drug-likeness (QED) is 0.499. The highest BCUT2D eigenvalue weighted by Crippen LogP contribution is 2.25. The summed E-state index contributed by atoms with van der Waals surface area (Å²) in [6.07, 6.45) is 0. The zero-order chi connectivity index (χ0) is 20.4. The normalized spacial score (nSPS) is 10.7. The molecule has 29 heavy (non-hydrogen) atoms. The third-order valence-corrected chi connectivity index (χ3v) is 4.76. The molecule has 1 aromatic heterocycles. The molecule has 3 aromatic carbocycles. The van der Waals surface area contributed by atoms with Gasteiger partial charge in [-0.05, 0) is 68.3 Å². The number of rotatable bonds is 4. The van der Waals surface area contributed by atoms with Gasteiger partial charge in [-0.3, -0.25) is 4.79 Å². The van der Waals surface area contributed by atoms with E-state index < -0.39 is 0 Å². The zero-order valence-electron chi connectivity index (χ0n) is 16.6. The van der Waals surface area contributed by atoms with Gasteiger partial charge in [-0.1, -0.05) is 35.9 Å². The average Bonchev–Trinajstić information content (AvgIpc) is 3.21. The van der Waals surface area contributed by atoms with Crippen molar-refractivity contribution in [1.82, 2.24) is 10.2 Å². The van der Waals surface area contributed by atoms with E-state index in [2.05, 4.69) is 27.6 Å². The number of amides is 1. The van der Waals surface area contributed by atoms with Gasteiger partial charge in [0.1, 0.15) is 0 Å².